The number of nitrogens with two attached hydrogens (primary N) is 1. The molecule has 2 atom stereocenters. The van der Waals surface area contributed by atoms with Crippen LogP contribution in [0.15, 0.2) is 24.3 Å². The minimum absolute atomic E-state index is 0.208. The first-order valence-corrected chi connectivity index (χ1v) is 6.27. The van der Waals surface area contributed by atoms with Crippen molar-refractivity contribution < 1.29 is 9.18 Å². The molecule has 0 heterocycles. The van der Waals surface area contributed by atoms with Crippen molar-refractivity contribution in [2.45, 2.75) is 38.3 Å². The molecule has 2 unspecified atom stereocenters. The average Bonchev–Trinajstić information content (AvgIpc) is 3.13. The molecule has 1 aromatic rings. The Morgan fingerprint density at radius 1 is 1.50 bits per heavy atom. The normalized spacial score (nSPS) is 20.0. The molecule has 98 valence electrons. The van der Waals surface area contributed by atoms with E-state index in [9.17, 15) is 9.18 Å². The van der Waals surface area contributed by atoms with E-state index in [1.807, 2.05) is 0 Å². The van der Waals surface area contributed by atoms with Crippen LogP contribution < -0.4 is 11.1 Å². The van der Waals surface area contributed by atoms with Crippen LogP contribution in [0.1, 0.15) is 38.3 Å². The lowest BCUT2D eigenvalue weighted by molar-refractivity contribution is -0.127. The van der Waals surface area contributed by atoms with Gasteiger partial charge in [0.25, 0.3) is 0 Å². The molecular formula is C14H19FN2O. The van der Waals surface area contributed by atoms with E-state index in [2.05, 4.69) is 5.32 Å². The Balaban J connectivity index is 2.05. The van der Waals surface area contributed by atoms with Crippen molar-refractivity contribution in [3.63, 3.8) is 0 Å². The largest absolute Gasteiger partial charge is 0.348 e. The molecule has 18 heavy (non-hydrogen) atoms. The van der Waals surface area contributed by atoms with Crippen molar-refractivity contribution >= 4 is 5.91 Å². The predicted molar refractivity (Wildman–Crippen MR) is 68.3 cm³/mol. The number of carbonyl (C=O) groups is 1. The third-order valence-electron chi connectivity index (χ3n) is 3.63. The maximum atomic E-state index is 13.6. The summed E-state index contributed by atoms with van der Waals surface area (Å²) < 4.78 is 13.6. The van der Waals surface area contributed by atoms with Gasteiger partial charge in [-0.1, -0.05) is 18.2 Å². The van der Waals surface area contributed by atoms with Crippen LogP contribution in [0.3, 0.4) is 0 Å². The Kier molecular flexibility index (Phi) is 3.39. The maximum Gasteiger partial charge on any atom is 0.240 e. The summed E-state index contributed by atoms with van der Waals surface area (Å²) in [5, 5.41) is 2.79. The lowest BCUT2D eigenvalue weighted by Crippen LogP contribution is -2.53. The molecule has 0 radical (unpaired) electrons. The lowest BCUT2D eigenvalue weighted by Gasteiger charge is -2.26. The van der Waals surface area contributed by atoms with E-state index in [-0.39, 0.29) is 23.7 Å². The molecule has 1 fully saturated rings. The summed E-state index contributed by atoms with van der Waals surface area (Å²) in [4.78, 5) is 12.1. The highest BCUT2D eigenvalue weighted by Gasteiger charge is 2.44. The quantitative estimate of drug-likeness (QED) is 0.860. The number of hydrogen-bond donors (Lipinski definition) is 2. The Hall–Kier alpha value is -1.42. The summed E-state index contributed by atoms with van der Waals surface area (Å²) in [6.45, 7) is 3.51. The lowest BCUT2D eigenvalue weighted by atomic mass is 9.95. The van der Waals surface area contributed by atoms with E-state index in [4.69, 9.17) is 5.73 Å². The highest BCUT2D eigenvalue weighted by atomic mass is 19.1. The van der Waals surface area contributed by atoms with E-state index >= 15 is 0 Å². The van der Waals surface area contributed by atoms with Crippen molar-refractivity contribution in [3.8, 4) is 0 Å². The van der Waals surface area contributed by atoms with Gasteiger partial charge in [-0.25, -0.2) is 4.39 Å². The van der Waals surface area contributed by atoms with Crippen molar-refractivity contribution in [3.05, 3.63) is 35.6 Å². The Morgan fingerprint density at radius 3 is 2.67 bits per heavy atom. The van der Waals surface area contributed by atoms with Crippen molar-refractivity contribution in [1.82, 2.24) is 5.32 Å². The third-order valence-corrected chi connectivity index (χ3v) is 3.63. The highest BCUT2D eigenvalue weighted by Crippen LogP contribution is 2.38. The summed E-state index contributed by atoms with van der Waals surface area (Å²) in [5.74, 6) is -0.262. The van der Waals surface area contributed by atoms with Crippen LogP contribution in [0.5, 0.6) is 0 Å². The smallest absolute Gasteiger partial charge is 0.240 e. The number of nitrogens with one attached hydrogen (secondary N) is 1. The van der Waals surface area contributed by atoms with Gasteiger partial charge in [0.2, 0.25) is 5.91 Å². The molecule has 1 aliphatic carbocycles. The Bertz CT molecular complexity index is 455. The monoisotopic (exact) mass is 250 g/mol. The zero-order valence-electron chi connectivity index (χ0n) is 10.7. The summed E-state index contributed by atoms with van der Waals surface area (Å²) in [6, 6.07) is 6.07. The van der Waals surface area contributed by atoms with Gasteiger partial charge in [-0.3, -0.25) is 4.79 Å². The Morgan fingerprint density at radius 2 is 2.11 bits per heavy atom. The number of carbonyl (C=O) groups excluding carboxylic acids is 1. The summed E-state index contributed by atoms with van der Waals surface area (Å²) in [6.07, 6.45) is 1.99. The topological polar surface area (TPSA) is 55.1 Å². The van der Waals surface area contributed by atoms with Gasteiger partial charge in [0.1, 0.15) is 5.82 Å². The first-order chi connectivity index (χ1) is 8.43. The third kappa shape index (κ3) is 2.53. The zero-order valence-corrected chi connectivity index (χ0v) is 10.7. The van der Waals surface area contributed by atoms with E-state index in [0.29, 0.717) is 5.56 Å². The molecule has 0 aliphatic heterocycles. The minimum Gasteiger partial charge on any atom is -0.348 e. The SMILES string of the molecule is CC(NC(=O)C(C)(N)C1CC1)c1ccccc1F. The van der Waals surface area contributed by atoms with Crippen LogP contribution >= 0.6 is 0 Å². The molecule has 1 aliphatic rings. The van der Waals surface area contributed by atoms with Crippen molar-refractivity contribution in [1.29, 1.82) is 0 Å². The zero-order chi connectivity index (χ0) is 13.3. The molecular weight excluding hydrogens is 231 g/mol. The maximum absolute atomic E-state index is 13.6. The number of hydrogen-bond acceptors (Lipinski definition) is 2. The molecule has 2 rings (SSSR count). The molecule has 0 spiro atoms. The van der Waals surface area contributed by atoms with Crippen LogP contribution in [-0.2, 0) is 4.79 Å². The van der Waals surface area contributed by atoms with Crippen molar-refractivity contribution in [2.24, 2.45) is 11.7 Å². The van der Waals surface area contributed by atoms with Gasteiger partial charge in [0.05, 0.1) is 11.6 Å². The number of benzene rings is 1. The number of amides is 1. The average molecular weight is 250 g/mol. The van der Waals surface area contributed by atoms with Crippen LogP contribution in [0.2, 0.25) is 0 Å². The fourth-order valence-corrected chi connectivity index (χ4v) is 2.12. The van der Waals surface area contributed by atoms with E-state index in [1.54, 1.807) is 32.0 Å². The number of halogens is 1. The molecule has 3 N–H and O–H groups in total. The second-order valence-corrected chi connectivity index (χ2v) is 5.27. The number of rotatable bonds is 4. The summed E-state index contributed by atoms with van der Waals surface area (Å²) in [7, 11) is 0. The van der Waals surface area contributed by atoms with Crippen LogP contribution in [-0.4, -0.2) is 11.4 Å². The standard InChI is InChI=1S/C14H19FN2O/c1-9(11-5-3-4-6-12(11)15)17-13(18)14(2,16)10-7-8-10/h3-6,9-10H,7-8,16H2,1-2H3,(H,17,18). The molecule has 0 aromatic heterocycles. The van der Waals surface area contributed by atoms with Crippen LogP contribution in [0.4, 0.5) is 4.39 Å². The molecule has 3 nitrogen and oxygen atoms in total. The van der Waals surface area contributed by atoms with Crippen LogP contribution in [0, 0.1) is 11.7 Å². The molecule has 1 saturated carbocycles. The van der Waals surface area contributed by atoms with Gasteiger partial charge in [-0.15, -0.1) is 0 Å². The highest BCUT2D eigenvalue weighted by molar-refractivity contribution is 5.86. The van der Waals surface area contributed by atoms with Gasteiger partial charge < -0.3 is 11.1 Å². The summed E-state index contributed by atoms with van der Waals surface area (Å²) in [5.41, 5.74) is 5.66. The van der Waals surface area contributed by atoms with Crippen LogP contribution in [0.25, 0.3) is 0 Å². The minimum atomic E-state index is -0.848. The fraction of sp³-hybridized carbons (Fsp3) is 0.500. The van der Waals surface area contributed by atoms with Gasteiger partial charge in [-0.2, -0.15) is 0 Å². The van der Waals surface area contributed by atoms with E-state index in [1.165, 1.54) is 6.07 Å². The van der Waals surface area contributed by atoms with Gasteiger partial charge in [0.15, 0.2) is 0 Å². The van der Waals surface area contributed by atoms with Gasteiger partial charge in [0, 0.05) is 5.56 Å². The van der Waals surface area contributed by atoms with E-state index in [0.717, 1.165) is 12.8 Å². The van der Waals surface area contributed by atoms with E-state index < -0.39 is 5.54 Å². The first-order valence-electron chi connectivity index (χ1n) is 6.27. The second-order valence-electron chi connectivity index (χ2n) is 5.27. The first kappa shape index (κ1) is 13.0. The molecule has 0 bridgehead atoms. The van der Waals surface area contributed by atoms with Gasteiger partial charge >= 0.3 is 0 Å². The fourth-order valence-electron chi connectivity index (χ4n) is 2.12. The Labute approximate surface area is 107 Å². The summed E-state index contributed by atoms with van der Waals surface area (Å²) >= 11 is 0. The second kappa shape index (κ2) is 4.69. The molecule has 1 amide bonds. The van der Waals surface area contributed by atoms with Gasteiger partial charge in [-0.05, 0) is 38.7 Å². The van der Waals surface area contributed by atoms with Crippen molar-refractivity contribution in [2.75, 3.05) is 0 Å². The molecule has 1 aromatic carbocycles. The predicted octanol–water partition coefficient (Wildman–Crippen LogP) is 2.13. The molecule has 0 saturated heterocycles. The molecule has 4 heteroatoms.